The molecule has 0 unspecified atom stereocenters. The van der Waals surface area contributed by atoms with Gasteiger partial charge < -0.3 is 0 Å². The normalized spacial score (nSPS) is 10.1. The smallest absolute Gasteiger partial charge is 0.0184 e. The van der Waals surface area contributed by atoms with E-state index in [-0.39, 0.29) is 0 Å². The molecule has 0 spiro atoms. The van der Waals surface area contributed by atoms with E-state index in [2.05, 4.69) is 250 Å². The van der Waals surface area contributed by atoms with Crippen molar-refractivity contribution in [2.45, 2.75) is 55.4 Å². The minimum atomic E-state index is 1.29. The maximum absolute atomic E-state index is 2.17. The van der Waals surface area contributed by atoms with Gasteiger partial charge in [0.2, 0.25) is 0 Å². The molecule has 0 heteroatoms. The van der Waals surface area contributed by atoms with Crippen molar-refractivity contribution in [1.82, 2.24) is 0 Å². The van der Waals surface area contributed by atoms with Gasteiger partial charge in [-0.15, -0.1) is 0 Å². The summed E-state index contributed by atoms with van der Waals surface area (Å²) in [5.41, 5.74) is 20.8. The van der Waals surface area contributed by atoms with Crippen LogP contribution in [0.15, 0.2) is 194 Å². The zero-order chi connectivity index (χ0) is 39.9. The van der Waals surface area contributed by atoms with Crippen molar-refractivity contribution < 1.29 is 0 Å². The van der Waals surface area contributed by atoms with Crippen LogP contribution in [0.4, 0.5) is 0 Å². The lowest BCUT2D eigenvalue weighted by Gasteiger charge is -2.02. The molecule has 0 heterocycles. The Morgan fingerprint density at radius 1 is 0.125 bits per heavy atom. The highest BCUT2D eigenvalue weighted by Gasteiger charge is 1.99. The highest BCUT2D eigenvalue weighted by Crippen LogP contribution is 2.23. The van der Waals surface area contributed by atoms with E-state index in [9.17, 15) is 0 Å². The van der Waals surface area contributed by atoms with E-state index in [0.717, 1.165) is 0 Å². The lowest BCUT2D eigenvalue weighted by Crippen LogP contribution is -1.78. The fraction of sp³-hybridized carbons (Fsp3) is 0.143. The SMILES string of the molecule is Cc1ccc(-c2ccc(C)cc2)cc1.Cc1ccc(-c2ccc(C)cc2)cc1.Cc1ccc(-c2ccc(C)cc2)cc1.Cc1ccc(-c2ccc(C)cc2)cc1. The molecule has 280 valence electrons. The van der Waals surface area contributed by atoms with Gasteiger partial charge in [0.1, 0.15) is 0 Å². The molecule has 0 atom stereocenters. The van der Waals surface area contributed by atoms with E-state index >= 15 is 0 Å². The van der Waals surface area contributed by atoms with Crippen molar-refractivity contribution in [2.24, 2.45) is 0 Å². The third-order valence-electron chi connectivity index (χ3n) is 9.75. The third-order valence-corrected chi connectivity index (χ3v) is 9.75. The maximum Gasteiger partial charge on any atom is -0.0184 e. The summed E-state index contributed by atoms with van der Waals surface area (Å²) in [5, 5.41) is 0. The lowest BCUT2D eigenvalue weighted by atomic mass is 10.0. The highest BCUT2D eigenvalue weighted by molar-refractivity contribution is 5.66. The average molecular weight is 729 g/mol. The van der Waals surface area contributed by atoms with Gasteiger partial charge in [0.05, 0.1) is 0 Å². The fourth-order valence-corrected chi connectivity index (χ4v) is 5.97. The number of benzene rings is 8. The summed E-state index contributed by atoms with van der Waals surface area (Å²) in [5.74, 6) is 0. The highest BCUT2D eigenvalue weighted by atomic mass is 14.0. The standard InChI is InChI=1S/4C14H14/c4*1-11-3-7-13(8-4-11)14-9-5-12(2)6-10-14/h4*3-10H,1-2H3. The number of hydrogen-bond acceptors (Lipinski definition) is 0. The van der Waals surface area contributed by atoms with Crippen molar-refractivity contribution in [2.75, 3.05) is 0 Å². The van der Waals surface area contributed by atoms with Crippen molar-refractivity contribution in [3.05, 3.63) is 239 Å². The van der Waals surface area contributed by atoms with Crippen LogP contribution < -0.4 is 0 Å². The Bertz CT molecular complexity index is 1800. The van der Waals surface area contributed by atoms with Gasteiger partial charge >= 0.3 is 0 Å². The summed E-state index contributed by atoms with van der Waals surface area (Å²) >= 11 is 0. The molecular weight excluding hydrogens is 673 g/mol. The molecule has 0 bridgehead atoms. The van der Waals surface area contributed by atoms with Gasteiger partial charge in [-0.1, -0.05) is 239 Å². The third kappa shape index (κ3) is 13.0. The van der Waals surface area contributed by atoms with Gasteiger partial charge in [-0.2, -0.15) is 0 Å². The predicted molar refractivity (Wildman–Crippen MR) is 245 cm³/mol. The second kappa shape index (κ2) is 20.4. The minimum Gasteiger partial charge on any atom is -0.0587 e. The summed E-state index contributed by atoms with van der Waals surface area (Å²) in [6.07, 6.45) is 0. The second-order valence-corrected chi connectivity index (χ2v) is 14.9. The summed E-state index contributed by atoms with van der Waals surface area (Å²) in [7, 11) is 0. The van der Waals surface area contributed by atoms with E-state index in [4.69, 9.17) is 0 Å². The zero-order valence-electron chi connectivity index (χ0n) is 34.5. The van der Waals surface area contributed by atoms with Crippen LogP contribution in [0.25, 0.3) is 44.5 Å². The van der Waals surface area contributed by atoms with E-state index < -0.39 is 0 Å². The van der Waals surface area contributed by atoms with Gasteiger partial charge in [-0.05, 0) is 99.9 Å². The Kier molecular flexibility index (Phi) is 14.9. The molecule has 8 aromatic rings. The first-order valence-corrected chi connectivity index (χ1v) is 19.6. The molecule has 0 aliphatic rings. The van der Waals surface area contributed by atoms with E-state index in [1.165, 1.54) is 89.0 Å². The fourth-order valence-electron chi connectivity index (χ4n) is 5.97. The summed E-state index contributed by atoms with van der Waals surface area (Å²) < 4.78 is 0. The van der Waals surface area contributed by atoms with Crippen LogP contribution >= 0.6 is 0 Å². The van der Waals surface area contributed by atoms with Crippen LogP contribution in [0.3, 0.4) is 0 Å². The van der Waals surface area contributed by atoms with Crippen LogP contribution in [-0.4, -0.2) is 0 Å². The van der Waals surface area contributed by atoms with Gasteiger partial charge in [0.15, 0.2) is 0 Å². The molecule has 0 saturated carbocycles. The average Bonchev–Trinajstić information content (AvgIpc) is 3.21. The zero-order valence-corrected chi connectivity index (χ0v) is 34.5. The summed E-state index contributed by atoms with van der Waals surface area (Å²) in [6, 6.07) is 69.0. The quantitative estimate of drug-likeness (QED) is 0.169. The maximum atomic E-state index is 2.17. The van der Waals surface area contributed by atoms with Gasteiger partial charge in [0, 0.05) is 0 Å². The van der Waals surface area contributed by atoms with Gasteiger partial charge in [-0.25, -0.2) is 0 Å². The molecule has 8 aromatic carbocycles. The van der Waals surface area contributed by atoms with Crippen molar-refractivity contribution in [3.8, 4) is 44.5 Å². The molecule has 0 aromatic heterocycles. The van der Waals surface area contributed by atoms with E-state index in [1.54, 1.807) is 0 Å². The van der Waals surface area contributed by atoms with Gasteiger partial charge in [0.25, 0.3) is 0 Å². The molecule has 0 radical (unpaired) electrons. The monoisotopic (exact) mass is 728 g/mol. The topological polar surface area (TPSA) is 0 Å². The van der Waals surface area contributed by atoms with Crippen LogP contribution in [-0.2, 0) is 0 Å². The van der Waals surface area contributed by atoms with Gasteiger partial charge in [-0.3, -0.25) is 0 Å². The first kappa shape index (κ1) is 40.9. The second-order valence-electron chi connectivity index (χ2n) is 14.9. The largest absolute Gasteiger partial charge is 0.0587 e. The Balaban J connectivity index is 0.000000143. The molecule has 0 aliphatic carbocycles. The molecule has 0 aliphatic heterocycles. The molecule has 0 nitrogen and oxygen atoms in total. The Labute approximate surface area is 337 Å². The summed E-state index contributed by atoms with van der Waals surface area (Å²) in [6.45, 7) is 16.9. The number of aryl methyl sites for hydroxylation is 8. The van der Waals surface area contributed by atoms with Crippen LogP contribution in [0.1, 0.15) is 44.5 Å². The van der Waals surface area contributed by atoms with Crippen LogP contribution in [0.2, 0.25) is 0 Å². The van der Waals surface area contributed by atoms with Crippen LogP contribution in [0.5, 0.6) is 0 Å². The first-order chi connectivity index (χ1) is 27.0. The van der Waals surface area contributed by atoms with Crippen LogP contribution in [0, 0.1) is 55.4 Å². The molecule has 56 heavy (non-hydrogen) atoms. The van der Waals surface area contributed by atoms with Crippen molar-refractivity contribution >= 4 is 0 Å². The number of hydrogen-bond donors (Lipinski definition) is 0. The molecule has 0 saturated heterocycles. The van der Waals surface area contributed by atoms with E-state index in [0.29, 0.717) is 0 Å². The Morgan fingerprint density at radius 2 is 0.196 bits per heavy atom. The van der Waals surface area contributed by atoms with Crippen molar-refractivity contribution in [3.63, 3.8) is 0 Å². The van der Waals surface area contributed by atoms with Crippen molar-refractivity contribution in [1.29, 1.82) is 0 Å². The summed E-state index contributed by atoms with van der Waals surface area (Å²) in [4.78, 5) is 0. The minimum absolute atomic E-state index is 1.29. The molecule has 0 amide bonds. The molecule has 8 rings (SSSR count). The number of rotatable bonds is 4. The molecule has 0 N–H and O–H groups in total. The first-order valence-electron chi connectivity index (χ1n) is 19.6. The Morgan fingerprint density at radius 3 is 0.268 bits per heavy atom. The molecule has 0 fully saturated rings. The molecular formula is C56H56. The Hall–Kier alpha value is -6.24. The predicted octanol–water partition coefficient (Wildman–Crippen LogP) is 15.9. The lowest BCUT2D eigenvalue weighted by molar-refractivity contribution is 1.45. The van der Waals surface area contributed by atoms with E-state index in [1.807, 2.05) is 0 Å².